The first-order chi connectivity index (χ1) is 8.76. The second kappa shape index (κ2) is 5.30. The highest BCUT2D eigenvalue weighted by atomic mass is 16.5. The monoisotopic (exact) mass is 250 g/mol. The molecular formula is C10H14N6O2. The van der Waals surface area contributed by atoms with Crippen molar-refractivity contribution < 1.29 is 4.74 Å². The maximum absolute atomic E-state index is 11.5. The van der Waals surface area contributed by atoms with E-state index in [1.54, 1.807) is 6.33 Å². The Bertz CT molecular complexity index is 576. The molecule has 0 unspecified atom stereocenters. The summed E-state index contributed by atoms with van der Waals surface area (Å²) in [5.41, 5.74) is -0.327. The number of ether oxygens (including phenoxy) is 1. The van der Waals surface area contributed by atoms with E-state index in [0.29, 0.717) is 12.4 Å². The van der Waals surface area contributed by atoms with Gasteiger partial charge in [0.15, 0.2) is 11.6 Å². The van der Waals surface area contributed by atoms with Gasteiger partial charge in [-0.1, -0.05) is 0 Å². The van der Waals surface area contributed by atoms with Gasteiger partial charge in [-0.2, -0.15) is 0 Å². The molecule has 0 bridgehead atoms. The predicted octanol–water partition coefficient (Wildman–Crippen LogP) is 0.00200. The second-order valence-corrected chi connectivity index (χ2v) is 3.50. The van der Waals surface area contributed by atoms with Crippen molar-refractivity contribution in [3.8, 4) is 5.75 Å². The van der Waals surface area contributed by atoms with Gasteiger partial charge in [0.25, 0.3) is 5.56 Å². The van der Waals surface area contributed by atoms with Crippen LogP contribution in [0.2, 0.25) is 0 Å². The highest BCUT2D eigenvalue weighted by molar-refractivity contribution is 5.47. The van der Waals surface area contributed by atoms with Crippen molar-refractivity contribution in [2.75, 3.05) is 12.4 Å². The number of aromatic nitrogens is 5. The lowest BCUT2D eigenvalue weighted by Crippen LogP contribution is -2.15. The number of aromatic amines is 1. The Hall–Kier alpha value is -2.38. The summed E-state index contributed by atoms with van der Waals surface area (Å²) in [4.78, 5) is 17.9. The number of H-pyrrole nitrogens is 1. The van der Waals surface area contributed by atoms with E-state index >= 15 is 0 Å². The van der Waals surface area contributed by atoms with Crippen molar-refractivity contribution in [2.45, 2.75) is 20.0 Å². The van der Waals surface area contributed by atoms with Gasteiger partial charge in [-0.25, -0.2) is 4.98 Å². The number of nitrogens with one attached hydrogen (secondary N) is 2. The van der Waals surface area contributed by atoms with Crippen molar-refractivity contribution in [3.05, 3.63) is 28.8 Å². The molecule has 0 radical (unpaired) electrons. The van der Waals surface area contributed by atoms with Gasteiger partial charge >= 0.3 is 0 Å². The molecule has 18 heavy (non-hydrogen) atoms. The molecule has 2 aromatic rings. The van der Waals surface area contributed by atoms with Crippen LogP contribution in [0.15, 0.2) is 17.4 Å². The fourth-order valence-corrected chi connectivity index (χ4v) is 1.55. The third-order valence-corrected chi connectivity index (χ3v) is 2.47. The van der Waals surface area contributed by atoms with Gasteiger partial charge in [-0.15, -0.1) is 10.2 Å². The number of aryl methyl sites for hydroxylation is 1. The first kappa shape index (κ1) is 12.1. The second-order valence-electron chi connectivity index (χ2n) is 3.50. The zero-order chi connectivity index (χ0) is 13.0. The summed E-state index contributed by atoms with van der Waals surface area (Å²) >= 11 is 0. The maximum Gasteiger partial charge on any atom is 0.295 e. The van der Waals surface area contributed by atoms with Crippen LogP contribution in [-0.4, -0.2) is 31.8 Å². The van der Waals surface area contributed by atoms with Crippen LogP contribution in [0.4, 0.5) is 5.82 Å². The van der Waals surface area contributed by atoms with Gasteiger partial charge in [0.05, 0.1) is 20.0 Å². The minimum atomic E-state index is -0.327. The molecule has 2 N–H and O–H groups in total. The van der Waals surface area contributed by atoms with Crippen LogP contribution in [0.25, 0.3) is 0 Å². The van der Waals surface area contributed by atoms with Crippen molar-refractivity contribution in [1.82, 2.24) is 24.7 Å². The molecule has 0 aliphatic rings. The summed E-state index contributed by atoms with van der Waals surface area (Å²) in [5, 5.41) is 10.8. The molecule has 8 heteroatoms. The first-order valence-corrected chi connectivity index (χ1v) is 5.48. The van der Waals surface area contributed by atoms with Gasteiger partial charge in [0, 0.05) is 6.54 Å². The quantitative estimate of drug-likeness (QED) is 0.775. The number of rotatable bonds is 5. The standard InChI is InChI=1S/C10H14N6O2/c1-3-16-6-14-15-7(16)4-11-9-8(18-2)10(17)13-5-12-9/h5-6H,3-4H2,1-2H3,(H2,11,12,13,17). The van der Waals surface area contributed by atoms with E-state index in [9.17, 15) is 4.79 Å². The van der Waals surface area contributed by atoms with Gasteiger partial charge in [-0.05, 0) is 6.92 Å². The molecule has 0 aromatic carbocycles. The molecule has 8 nitrogen and oxygen atoms in total. The van der Waals surface area contributed by atoms with E-state index in [0.717, 1.165) is 12.4 Å². The molecular weight excluding hydrogens is 236 g/mol. The van der Waals surface area contributed by atoms with Crippen molar-refractivity contribution in [2.24, 2.45) is 0 Å². The van der Waals surface area contributed by atoms with Gasteiger partial charge in [-0.3, -0.25) is 4.79 Å². The van der Waals surface area contributed by atoms with Crippen LogP contribution >= 0.6 is 0 Å². The maximum atomic E-state index is 11.5. The number of hydrogen-bond donors (Lipinski definition) is 2. The molecule has 2 aromatic heterocycles. The zero-order valence-electron chi connectivity index (χ0n) is 10.2. The molecule has 2 heterocycles. The van der Waals surface area contributed by atoms with Gasteiger partial charge in [0.2, 0.25) is 5.75 Å². The third-order valence-electron chi connectivity index (χ3n) is 2.47. The average molecular weight is 250 g/mol. The Morgan fingerprint density at radius 2 is 2.39 bits per heavy atom. The van der Waals surface area contributed by atoms with Crippen LogP contribution in [-0.2, 0) is 13.1 Å². The lowest BCUT2D eigenvalue weighted by molar-refractivity contribution is 0.408. The lowest BCUT2D eigenvalue weighted by atomic mass is 10.4. The Labute approximate surface area is 103 Å². The van der Waals surface area contributed by atoms with Gasteiger partial charge in [0.1, 0.15) is 6.33 Å². The molecule has 0 amide bonds. The first-order valence-electron chi connectivity index (χ1n) is 5.48. The van der Waals surface area contributed by atoms with E-state index in [4.69, 9.17) is 4.74 Å². The molecule has 96 valence electrons. The SMILES string of the molecule is CCn1cnnc1CNc1nc[nH]c(=O)c1OC. The smallest absolute Gasteiger partial charge is 0.295 e. The Morgan fingerprint density at radius 1 is 1.56 bits per heavy atom. The molecule has 0 aliphatic heterocycles. The Morgan fingerprint density at radius 3 is 3.11 bits per heavy atom. The Balaban J connectivity index is 2.16. The minimum absolute atomic E-state index is 0.153. The van der Waals surface area contributed by atoms with E-state index in [2.05, 4.69) is 25.5 Å². The fraction of sp³-hybridized carbons (Fsp3) is 0.400. The fourth-order valence-electron chi connectivity index (χ4n) is 1.55. The molecule has 0 saturated heterocycles. The summed E-state index contributed by atoms with van der Waals surface area (Å²) in [5.74, 6) is 1.30. The van der Waals surface area contributed by atoms with E-state index < -0.39 is 0 Å². The van der Waals surface area contributed by atoms with Crippen LogP contribution in [0.3, 0.4) is 0 Å². The minimum Gasteiger partial charge on any atom is -0.489 e. The normalized spacial score (nSPS) is 10.3. The van der Waals surface area contributed by atoms with E-state index in [-0.39, 0.29) is 11.3 Å². The molecule has 0 atom stereocenters. The molecule has 0 saturated carbocycles. The highest BCUT2D eigenvalue weighted by Crippen LogP contribution is 2.14. The number of anilines is 1. The molecule has 0 spiro atoms. The highest BCUT2D eigenvalue weighted by Gasteiger charge is 2.09. The molecule has 0 aliphatic carbocycles. The average Bonchev–Trinajstić information content (AvgIpc) is 2.83. The molecule has 0 fully saturated rings. The zero-order valence-corrected chi connectivity index (χ0v) is 10.2. The van der Waals surface area contributed by atoms with Crippen molar-refractivity contribution in [3.63, 3.8) is 0 Å². The van der Waals surface area contributed by atoms with Crippen LogP contribution in [0.1, 0.15) is 12.7 Å². The lowest BCUT2D eigenvalue weighted by Gasteiger charge is -2.08. The molecule has 2 rings (SSSR count). The summed E-state index contributed by atoms with van der Waals surface area (Å²) in [7, 11) is 1.42. The summed E-state index contributed by atoms with van der Waals surface area (Å²) in [6, 6.07) is 0. The van der Waals surface area contributed by atoms with Crippen LogP contribution in [0.5, 0.6) is 5.75 Å². The van der Waals surface area contributed by atoms with Gasteiger partial charge < -0.3 is 19.6 Å². The summed E-state index contributed by atoms with van der Waals surface area (Å²) in [6.45, 7) is 3.20. The van der Waals surface area contributed by atoms with E-state index in [1.807, 2.05) is 11.5 Å². The largest absolute Gasteiger partial charge is 0.489 e. The van der Waals surface area contributed by atoms with Crippen molar-refractivity contribution in [1.29, 1.82) is 0 Å². The van der Waals surface area contributed by atoms with Crippen LogP contribution in [0, 0.1) is 0 Å². The topological polar surface area (TPSA) is 97.7 Å². The third kappa shape index (κ3) is 2.31. The predicted molar refractivity (Wildman–Crippen MR) is 64.4 cm³/mol. The van der Waals surface area contributed by atoms with Crippen molar-refractivity contribution >= 4 is 5.82 Å². The number of methoxy groups -OCH3 is 1. The number of nitrogens with zero attached hydrogens (tertiary/aromatic N) is 4. The van der Waals surface area contributed by atoms with E-state index in [1.165, 1.54) is 13.4 Å². The van der Waals surface area contributed by atoms with Crippen LogP contribution < -0.4 is 15.6 Å². The summed E-state index contributed by atoms with van der Waals surface area (Å²) < 4.78 is 6.89. The number of hydrogen-bond acceptors (Lipinski definition) is 6. The Kier molecular flexibility index (Phi) is 3.56. The summed E-state index contributed by atoms with van der Waals surface area (Å²) in [6.07, 6.45) is 2.97.